The van der Waals surface area contributed by atoms with Gasteiger partial charge in [-0.2, -0.15) is 0 Å². The molecule has 1 aliphatic rings. The quantitative estimate of drug-likeness (QED) is 0.845. The predicted octanol–water partition coefficient (Wildman–Crippen LogP) is 1.69. The molecule has 1 unspecified atom stereocenters. The molecule has 1 fully saturated rings. The Balaban J connectivity index is 1.87. The number of aromatic nitrogens is 1. The van der Waals surface area contributed by atoms with Gasteiger partial charge in [-0.05, 0) is 17.7 Å². The summed E-state index contributed by atoms with van der Waals surface area (Å²) in [5, 5.41) is -0.664. The fraction of sp³-hybridized carbons (Fsp3) is 0.250. The molecule has 1 aliphatic heterocycles. The first kappa shape index (κ1) is 14.7. The molecule has 2 aromatic rings. The van der Waals surface area contributed by atoms with Gasteiger partial charge in [-0.25, -0.2) is 8.42 Å². The first-order valence-corrected chi connectivity index (χ1v) is 8.75. The third kappa shape index (κ3) is 2.87. The number of benzene rings is 1. The van der Waals surface area contributed by atoms with Gasteiger partial charge in [0.25, 0.3) is 5.91 Å². The van der Waals surface area contributed by atoms with Crippen LogP contribution in [0.25, 0.3) is 0 Å². The standard InChI is InChI=1S/C16H16N2O3S/c19-16(14-7-4-8-17-11-14)18-9-10-22(20,21)15(12-18)13-5-2-1-3-6-13/h1-8,11,15H,9-10,12H2. The van der Waals surface area contributed by atoms with Crippen molar-refractivity contribution in [2.45, 2.75) is 5.25 Å². The van der Waals surface area contributed by atoms with Crippen LogP contribution in [0.5, 0.6) is 0 Å². The van der Waals surface area contributed by atoms with Gasteiger partial charge in [-0.3, -0.25) is 9.78 Å². The van der Waals surface area contributed by atoms with Gasteiger partial charge < -0.3 is 4.90 Å². The van der Waals surface area contributed by atoms with Crippen molar-refractivity contribution in [3.63, 3.8) is 0 Å². The number of hydrogen-bond donors (Lipinski definition) is 0. The molecule has 1 atom stereocenters. The van der Waals surface area contributed by atoms with E-state index in [1.54, 1.807) is 35.4 Å². The molecule has 1 amide bonds. The fourth-order valence-corrected chi connectivity index (χ4v) is 4.36. The van der Waals surface area contributed by atoms with Crippen LogP contribution < -0.4 is 0 Å². The van der Waals surface area contributed by atoms with Crippen LogP contribution in [-0.4, -0.2) is 43.1 Å². The van der Waals surface area contributed by atoms with Crippen molar-refractivity contribution in [1.29, 1.82) is 0 Å². The van der Waals surface area contributed by atoms with E-state index in [4.69, 9.17) is 0 Å². The number of nitrogens with zero attached hydrogens (tertiary/aromatic N) is 2. The maximum absolute atomic E-state index is 12.5. The zero-order valence-electron chi connectivity index (χ0n) is 11.9. The van der Waals surface area contributed by atoms with Crippen molar-refractivity contribution >= 4 is 15.7 Å². The third-order valence-electron chi connectivity index (χ3n) is 3.83. The summed E-state index contributed by atoms with van der Waals surface area (Å²) in [5.41, 5.74) is 1.21. The zero-order chi connectivity index (χ0) is 15.6. The van der Waals surface area contributed by atoms with Crippen molar-refractivity contribution in [1.82, 2.24) is 9.88 Å². The van der Waals surface area contributed by atoms with Crippen molar-refractivity contribution in [3.8, 4) is 0 Å². The van der Waals surface area contributed by atoms with Gasteiger partial charge in [0.1, 0.15) is 5.25 Å². The molecule has 0 saturated carbocycles. The highest BCUT2D eigenvalue weighted by molar-refractivity contribution is 7.91. The molecule has 1 aromatic heterocycles. The summed E-state index contributed by atoms with van der Waals surface area (Å²) < 4.78 is 24.7. The summed E-state index contributed by atoms with van der Waals surface area (Å²) in [6.07, 6.45) is 3.10. The highest BCUT2D eigenvalue weighted by atomic mass is 32.2. The third-order valence-corrected chi connectivity index (χ3v) is 5.87. The Kier molecular flexibility index (Phi) is 3.94. The molecule has 1 aromatic carbocycles. The van der Waals surface area contributed by atoms with Crippen LogP contribution in [0, 0.1) is 0 Å². The summed E-state index contributed by atoms with van der Waals surface area (Å²) >= 11 is 0. The normalized spacial score (nSPS) is 20.5. The van der Waals surface area contributed by atoms with Crippen LogP contribution in [0.4, 0.5) is 0 Å². The number of carbonyl (C=O) groups excluding carboxylic acids is 1. The number of sulfone groups is 1. The largest absolute Gasteiger partial charge is 0.336 e. The van der Waals surface area contributed by atoms with Crippen molar-refractivity contribution in [2.75, 3.05) is 18.8 Å². The lowest BCUT2D eigenvalue weighted by atomic mass is 10.1. The van der Waals surface area contributed by atoms with Crippen molar-refractivity contribution in [2.24, 2.45) is 0 Å². The van der Waals surface area contributed by atoms with E-state index in [0.29, 0.717) is 5.56 Å². The van der Waals surface area contributed by atoms with Crippen LogP contribution >= 0.6 is 0 Å². The lowest BCUT2D eigenvalue weighted by Gasteiger charge is -2.32. The summed E-state index contributed by atoms with van der Waals surface area (Å²) in [4.78, 5) is 18.0. The Morgan fingerprint density at radius 2 is 1.91 bits per heavy atom. The second-order valence-electron chi connectivity index (χ2n) is 5.26. The van der Waals surface area contributed by atoms with E-state index in [0.717, 1.165) is 5.56 Å². The smallest absolute Gasteiger partial charge is 0.255 e. The second kappa shape index (κ2) is 5.88. The highest BCUT2D eigenvalue weighted by Crippen LogP contribution is 2.28. The number of hydrogen-bond acceptors (Lipinski definition) is 4. The summed E-state index contributed by atoms with van der Waals surface area (Å²) in [6.45, 7) is 0.402. The van der Waals surface area contributed by atoms with Gasteiger partial charge >= 0.3 is 0 Å². The van der Waals surface area contributed by atoms with E-state index in [-0.39, 0.29) is 24.7 Å². The SMILES string of the molecule is O=C(c1cccnc1)N1CCS(=O)(=O)C(c2ccccc2)C1. The van der Waals surface area contributed by atoms with E-state index in [2.05, 4.69) is 4.98 Å². The molecule has 0 radical (unpaired) electrons. The minimum Gasteiger partial charge on any atom is -0.336 e. The average Bonchev–Trinajstić information content (AvgIpc) is 2.55. The molecular formula is C16H16N2O3S. The van der Waals surface area contributed by atoms with Gasteiger partial charge in [0, 0.05) is 25.5 Å². The minimum atomic E-state index is -3.23. The molecule has 1 saturated heterocycles. The average molecular weight is 316 g/mol. The van der Waals surface area contributed by atoms with Crippen LogP contribution in [0.2, 0.25) is 0 Å². The monoisotopic (exact) mass is 316 g/mol. The Morgan fingerprint density at radius 3 is 2.59 bits per heavy atom. The van der Waals surface area contributed by atoms with Crippen LogP contribution in [0.1, 0.15) is 21.2 Å². The molecule has 3 rings (SSSR count). The molecule has 114 valence electrons. The minimum absolute atomic E-state index is 0.0153. The predicted molar refractivity (Wildman–Crippen MR) is 83.1 cm³/mol. The highest BCUT2D eigenvalue weighted by Gasteiger charge is 2.36. The lowest BCUT2D eigenvalue weighted by Crippen LogP contribution is -2.45. The van der Waals surface area contributed by atoms with E-state index >= 15 is 0 Å². The van der Waals surface area contributed by atoms with Gasteiger partial charge in [-0.15, -0.1) is 0 Å². The molecule has 6 heteroatoms. The molecule has 22 heavy (non-hydrogen) atoms. The first-order chi connectivity index (χ1) is 10.6. The van der Waals surface area contributed by atoms with Crippen molar-refractivity contribution < 1.29 is 13.2 Å². The number of rotatable bonds is 2. The Bertz CT molecular complexity index is 760. The summed E-state index contributed by atoms with van der Waals surface area (Å²) in [6, 6.07) is 12.4. The van der Waals surface area contributed by atoms with Crippen molar-refractivity contribution in [3.05, 3.63) is 66.0 Å². The van der Waals surface area contributed by atoms with E-state index in [1.165, 1.54) is 6.20 Å². The molecule has 5 nitrogen and oxygen atoms in total. The maximum atomic E-state index is 12.5. The van der Waals surface area contributed by atoms with E-state index < -0.39 is 15.1 Å². The fourth-order valence-electron chi connectivity index (χ4n) is 2.62. The zero-order valence-corrected chi connectivity index (χ0v) is 12.7. The number of carbonyl (C=O) groups is 1. The van der Waals surface area contributed by atoms with E-state index in [1.807, 2.05) is 18.2 Å². The van der Waals surface area contributed by atoms with E-state index in [9.17, 15) is 13.2 Å². The van der Waals surface area contributed by atoms with Crippen LogP contribution in [0.3, 0.4) is 0 Å². The summed E-state index contributed by atoms with van der Waals surface area (Å²) in [7, 11) is -3.23. The first-order valence-electron chi connectivity index (χ1n) is 7.04. The van der Waals surface area contributed by atoms with Gasteiger partial charge in [-0.1, -0.05) is 30.3 Å². The Hall–Kier alpha value is -2.21. The van der Waals surface area contributed by atoms with Gasteiger partial charge in [0.2, 0.25) is 0 Å². The van der Waals surface area contributed by atoms with Gasteiger partial charge in [0.15, 0.2) is 9.84 Å². The van der Waals surface area contributed by atoms with Gasteiger partial charge in [0.05, 0.1) is 11.3 Å². The lowest BCUT2D eigenvalue weighted by molar-refractivity contribution is 0.0758. The molecule has 2 heterocycles. The maximum Gasteiger partial charge on any atom is 0.255 e. The Labute approximate surface area is 129 Å². The van der Waals surface area contributed by atoms with Crippen LogP contribution in [-0.2, 0) is 9.84 Å². The number of amides is 1. The molecule has 0 N–H and O–H groups in total. The Morgan fingerprint density at radius 1 is 1.14 bits per heavy atom. The molecule has 0 spiro atoms. The second-order valence-corrected chi connectivity index (χ2v) is 7.56. The molecular weight excluding hydrogens is 300 g/mol. The molecule has 0 bridgehead atoms. The topological polar surface area (TPSA) is 67.3 Å². The number of pyridine rings is 1. The summed E-state index contributed by atoms with van der Waals surface area (Å²) in [5.74, 6) is -0.192. The van der Waals surface area contributed by atoms with Crippen LogP contribution in [0.15, 0.2) is 54.9 Å². The molecule has 0 aliphatic carbocycles.